The first kappa shape index (κ1) is 16.3. The van der Waals surface area contributed by atoms with E-state index < -0.39 is 17.3 Å². The highest BCUT2D eigenvalue weighted by Gasteiger charge is 2.24. The van der Waals surface area contributed by atoms with Gasteiger partial charge < -0.3 is 4.74 Å². The molecule has 1 rings (SSSR count). The van der Waals surface area contributed by atoms with Gasteiger partial charge in [0.25, 0.3) is 0 Å². The molecule has 110 valence electrons. The molecule has 0 aliphatic carbocycles. The van der Waals surface area contributed by atoms with Crippen molar-refractivity contribution in [3.63, 3.8) is 0 Å². The third kappa shape index (κ3) is 5.11. The molecule has 4 heteroatoms. The van der Waals surface area contributed by atoms with E-state index in [1.807, 2.05) is 0 Å². The average molecular weight is 280 g/mol. The van der Waals surface area contributed by atoms with Gasteiger partial charge >= 0.3 is 5.97 Å². The van der Waals surface area contributed by atoms with E-state index in [0.29, 0.717) is 6.42 Å². The van der Waals surface area contributed by atoms with Crippen molar-refractivity contribution in [2.24, 2.45) is 11.3 Å². The number of ketones is 1. The second-order valence-corrected chi connectivity index (χ2v) is 6.02. The normalized spacial score (nSPS) is 12.8. The number of carbonyl (C=O) groups excluding carboxylic acids is 2. The number of benzene rings is 1. The van der Waals surface area contributed by atoms with Gasteiger partial charge in [-0.3, -0.25) is 9.59 Å². The van der Waals surface area contributed by atoms with E-state index in [9.17, 15) is 14.0 Å². The van der Waals surface area contributed by atoms with Crippen LogP contribution >= 0.6 is 0 Å². The highest BCUT2D eigenvalue weighted by Crippen LogP contribution is 2.16. The van der Waals surface area contributed by atoms with Crippen molar-refractivity contribution >= 4 is 11.8 Å². The van der Waals surface area contributed by atoms with Gasteiger partial charge in [0.05, 0.1) is 5.92 Å². The Morgan fingerprint density at radius 1 is 1.30 bits per heavy atom. The van der Waals surface area contributed by atoms with Crippen molar-refractivity contribution in [3.8, 4) is 0 Å². The second-order valence-electron chi connectivity index (χ2n) is 6.02. The van der Waals surface area contributed by atoms with Crippen LogP contribution in [-0.4, -0.2) is 18.4 Å². The van der Waals surface area contributed by atoms with Crippen LogP contribution in [0.3, 0.4) is 0 Å². The third-order valence-corrected chi connectivity index (χ3v) is 3.02. The zero-order valence-electron chi connectivity index (χ0n) is 12.4. The molecule has 0 spiro atoms. The lowest BCUT2D eigenvalue weighted by atomic mass is 9.91. The van der Waals surface area contributed by atoms with Gasteiger partial charge in [0.1, 0.15) is 5.82 Å². The molecule has 1 unspecified atom stereocenters. The predicted molar refractivity (Wildman–Crippen MR) is 74.7 cm³/mol. The van der Waals surface area contributed by atoms with Crippen molar-refractivity contribution in [3.05, 3.63) is 35.6 Å². The Kier molecular flexibility index (Phi) is 5.43. The van der Waals surface area contributed by atoms with Crippen LogP contribution in [0.15, 0.2) is 24.3 Å². The molecule has 0 heterocycles. The Morgan fingerprint density at radius 3 is 2.50 bits per heavy atom. The summed E-state index contributed by atoms with van der Waals surface area (Å²) in [6, 6.07) is 6.11. The van der Waals surface area contributed by atoms with Crippen LogP contribution in [-0.2, 0) is 20.7 Å². The molecule has 0 aromatic heterocycles. The van der Waals surface area contributed by atoms with Crippen molar-refractivity contribution in [1.29, 1.82) is 0 Å². The largest absolute Gasteiger partial charge is 0.457 e. The lowest BCUT2D eigenvalue weighted by Crippen LogP contribution is -2.28. The summed E-state index contributed by atoms with van der Waals surface area (Å²) in [6.07, 6.45) is 0.389. The highest BCUT2D eigenvalue weighted by molar-refractivity contribution is 5.86. The minimum atomic E-state index is -0.522. The summed E-state index contributed by atoms with van der Waals surface area (Å²) in [6.45, 7) is 6.82. The number of hydrogen-bond acceptors (Lipinski definition) is 3. The number of Topliss-reactive ketones (excluding diaryl/α,β-unsaturated/α-hetero) is 1. The Morgan fingerprint density at radius 2 is 1.95 bits per heavy atom. The number of halogens is 1. The Balaban J connectivity index is 2.50. The van der Waals surface area contributed by atoms with Crippen LogP contribution in [0.1, 0.15) is 33.3 Å². The lowest BCUT2D eigenvalue weighted by molar-refractivity contribution is -0.153. The molecule has 3 nitrogen and oxygen atoms in total. The second kappa shape index (κ2) is 6.64. The topological polar surface area (TPSA) is 43.4 Å². The molecule has 0 aliphatic rings. The van der Waals surface area contributed by atoms with Gasteiger partial charge in [0, 0.05) is 5.41 Å². The fourth-order valence-corrected chi connectivity index (χ4v) is 1.60. The maximum Gasteiger partial charge on any atom is 0.309 e. The molecule has 0 saturated heterocycles. The molecule has 0 radical (unpaired) electrons. The number of hydrogen-bond donors (Lipinski definition) is 0. The van der Waals surface area contributed by atoms with Crippen LogP contribution in [0.4, 0.5) is 4.39 Å². The van der Waals surface area contributed by atoms with Crippen LogP contribution in [0.2, 0.25) is 0 Å². The molecule has 0 aliphatic heterocycles. The fourth-order valence-electron chi connectivity index (χ4n) is 1.60. The summed E-state index contributed by atoms with van der Waals surface area (Å²) >= 11 is 0. The van der Waals surface area contributed by atoms with Gasteiger partial charge in [-0.25, -0.2) is 4.39 Å². The van der Waals surface area contributed by atoms with Gasteiger partial charge in [-0.05, 0) is 24.1 Å². The molecule has 1 aromatic rings. The van der Waals surface area contributed by atoms with Crippen LogP contribution in [0.5, 0.6) is 0 Å². The monoisotopic (exact) mass is 280 g/mol. The maximum absolute atomic E-state index is 13.0. The first-order valence-electron chi connectivity index (χ1n) is 6.64. The summed E-state index contributed by atoms with van der Waals surface area (Å²) in [5, 5.41) is 0. The van der Waals surface area contributed by atoms with Gasteiger partial charge in [-0.1, -0.05) is 39.8 Å². The molecular formula is C16H21FO3. The first-order chi connectivity index (χ1) is 9.20. The van der Waals surface area contributed by atoms with E-state index in [4.69, 9.17) is 4.74 Å². The Bertz CT molecular complexity index is 489. The van der Waals surface area contributed by atoms with E-state index in [2.05, 4.69) is 0 Å². The zero-order chi connectivity index (χ0) is 15.3. The van der Waals surface area contributed by atoms with E-state index in [0.717, 1.165) is 5.56 Å². The number of ether oxygens (including phenoxy) is 1. The van der Waals surface area contributed by atoms with Gasteiger partial charge in [-0.2, -0.15) is 0 Å². The molecule has 0 saturated carbocycles. The van der Waals surface area contributed by atoms with Crippen LogP contribution in [0, 0.1) is 17.2 Å². The summed E-state index contributed by atoms with van der Waals surface area (Å²) < 4.78 is 18.1. The molecular weight excluding hydrogens is 259 g/mol. The van der Waals surface area contributed by atoms with Crippen molar-refractivity contribution in [2.75, 3.05) is 6.61 Å². The number of rotatable bonds is 5. The standard InChI is InChI=1S/C16H21FO3/c1-11(8-12-6-5-7-13(17)9-12)15(19)20-10-14(18)16(2,3)4/h5-7,9,11H,8,10H2,1-4H3. The summed E-state index contributed by atoms with van der Waals surface area (Å²) in [4.78, 5) is 23.5. The highest BCUT2D eigenvalue weighted by atomic mass is 19.1. The minimum Gasteiger partial charge on any atom is -0.457 e. The number of carbonyl (C=O) groups is 2. The zero-order valence-corrected chi connectivity index (χ0v) is 12.4. The molecule has 0 N–H and O–H groups in total. The van der Waals surface area contributed by atoms with Gasteiger partial charge in [0.15, 0.2) is 12.4 Å². The van der Waals surface area contributed by atoms with Crippen molar-refractivity contribution in [1.82, 2.24) is 0 Å². The average Bonchev–Trinajstić information content (AvgIpc) is 2.34. The summed E-state index contributed by atoms with van der Waals surface area (Å²) in [5.41, 5.74) is 0.211. The quantitative estimate of drug-likeness (QED) is 0.778. The Labute approximate surface area is 119 Å². The van der Waals surface area contributed by atoms with Crippen molar-refractivity contribution in [2.45, 2.75) is 34.1 Å². The summed E-state index contributed by atoms with van der Waals surface area (Å²) in [5.74, 6) is -1.30. The lowest BCUT2D eigenvalue weighted by Gasteiger charge is -2.17. The van der Waals surface area contributed by atoms with E-state index in [1.54, 1.807) is 39.8 Å². The van der Waals surface area contributed by atoms with Gasteiger partial charge in [0.2, 0.25) is 0 Å². The first-order valence-corrected chi connectivity index (χ1v) is 6.64. The molecule has 1 atom stereocenters. The van der Waals surface area contributed by atoms with Gasteiger partial charge in [-0.15, -0.1) is 0 Å². The van der Waals surface area contributed by atoms with E-state index >= 15 is 0 Å². The molecule has 0 bridgehead atoms. The minimum absolute atomic E-state index is 0.121. The Hall–Kier alpha value is -1.71. The molecule has 0 fully saturated rings. The predicted octanol–water partition coefficient (Wildman–Crippen LogP) is 3.16. The molecule has 1 aromatic carbocycles. The smallest absolute Gasteiger partial charge is 0.309 e. The van der Waals surface area contributed by atoms with Crippen molar-refractivity contribution < 1.29 is 18.7 Å². The van der Waals surface area contributed by atoms with Crippen LogP contribution < -0.4 is 0 Å². The number of esters is 1. The maximum atomic E-state index is 13.0. The fraction of sp³-hybridized carbons (Fsp3) is 0.500. The molecule has 0 amide bonds. The molecule has 20 heavy (non-hydrogen) atoms. The summed E-state index contributed by atoms with van der Waals surface area (Å²) in [7, 11) is 0. The third-order valence-electron chi connectivity index (χ3n) is 3.02. The van der Waals surface area contributed by atoms with E-state index in [-0.39, 0.29) is 18.2 Å². The van der Waals surface area contributed by atoms with Crippen LogP contribution in [0.25, 0.3) is 0 Å². The SMILES string of the molecule is CC(Cc1cccc(F)c1)C(=O)OCC(=O)C(C)(C)C. The van der Waals surface area contributed by atoms with E-state index in [1.165, 1.54) is 12.1 Å².